The van der Waals surface area contributed by atoms with Gasteiger partial charge in [0, 0.05) is 5.56 Å². The molecule has 1 amide bonds. The van der Waals surface area contributed by atoms with E-state index in [1.54, 1.807) is 0 Å². The van der Waals surface area contributed by atoms with E-state index in [0.29, 0.717) is 16.3 Å². The fourth-order valence-corrected chi connectivity index (χ4v) is 2.22. The number of nitrogens with one attached hydrogen (secondary N) is 1. The van der Waals surface area contributed by atoms with Crippen LogP contribution in [0.3, 0.4) is 0 Å². The van der Waals surface area contributed by atoms with Gasteiger partial charge in [-0.2, -0.15) is 46.0 Å². The summed E-state index contributed by atoms with van der Waals surface area (Å²) in [5.41, 5.74) is -1.43. The third kappa shape index (κ3) is 4.30. The average Bonchev–Trinajstić information content (AvgIpc) is 3.09. The Balaban J connectivity index is 1.75. The van der Waals surface area contributed by atoms with Crippen molar-refractivity contribution in [3.63, 3.8) is 0 Å². The normalized spacial score (nSPS) is 12.1. The Bertz CT molecular complexity index is 993. The standard InChI is InChI=1S/C17H9F6N3O2/c18-16(19,20)11-5-3-10(4-6-11)13-9-28-14(24-13)25-15(27)26-7-1-2-12(8-26)17(21,22)23/h1-9H/p+1. The van der Waals surface area contributed by atoms with Gasteiger partial charge in [0.25, 0.3) is 0 Å². The van der Waals surface area contributed by atoms with Gasteiger partial charge in [-0.15, -0.1) is 0 Å². The van der Waals surface area contributed by atoms with Crippen molar-refractivity contribution in [1.82, 2.24) is 4.98 Å². The number of carbonyl (C=O) groups excluding carboxylic acids is 1. The summed E-state index contributed by atoms with van der Waals surface area (Å²) in [4.78, 5) is 15.9. The summed E-state index contributed by atoms with van der Waals surface area (Å²) in [6.45, 7) is 0. The highest BCUT2D eigenvalue weighted by Gasteiger charge is 2.33. The van der Waals surface area contributed by atoms with Crippen LogP contribution in [0.2, 0.25) is 0 Å². The Morgan fingerprint density at radius 1 is 0.964 bits per heavy atom. The number of amides is 1. The van der Waals surface area contributed by atoms with E-state index in [0.717, 1.165) is 36.7 Å². The monoisotopic (exact) mass is 402 g/mol. The molecular formula is C17H10F6N3O2+. The van der Waals surface area contributed by atoms with Crippen LogP contribution in [0.25, 0.3) is 11.3 Å². The average molecular weight is 402 g/mol. The number of alkyl halides is 6. The number of aromatic nitrogens is 2. The molecule has 28 heavy (non-hydrogen) atoms. The summed E-state index contributed by atoms with van der Waals surface area (Å²) >= 11 is 0. The lowest BCUT2D eigenvalue weighted by atomic mass is 10.1. The quantitative estimate of drug-likeness (QED) is 0.497. The minimum atomic E-state index is -4.62. The predicted octanol–water partition coefficient (Wildman–Crippen LogP) is 4.75. The molecule has 0 spiro atoms. The summed E-state index contributed by atoms with van der Waals surface area (Å²) in [7, 11) is 0. The first-order chi connectivity index (χ1) is 13.0. The molecule has 0 bridgehead atoms. The van der Waals surface area contributed by atoms with Crippen LogP contribution < -0.4 is 9.88 Å². The largest absolute Gasteiger partial charge is 0.504 e. The SMILES string of the molecule is O=C(Nc1nc(-c2ccc(C(F)(F)F)cc2)co1)[n+]1cccc(C(F)(F)F)c1. The van der Waals surface area contributed by atoms with Crippen LogP contribution in [-0.2, 0) is 12.4 Å². The molecule has 0 aliphatic rings. The van der Waals surface area contributed by atoms with Crippen molar-refractivity contribution >= 4 is 12.0 Å². The minimum Gasteiger partial charge on any atom is -0.414 e. The number of rotatable bonds is 2. The van der Waals surface area contributed by atoms with Crippen molar-refractivity contribution < 1.29 is 40.1 Å². The second-order valence-corrected chi connectivity index (χ2v) is 5.54. The second-order valence-electron chi connectivity index (χ2n) is 5.54. The molecule has 0 aliphatic heterocycles. The Hall–Kier alpha value is -3.37. The van der Waals surface area contributed by atoms with Crippen LogP contribution in [0.15, 0.2) is 59.5 Å². The van der Waals surface area contributed by atoms with Crippen molar-refractivity contribution in [3.8, 4) is 11.3 Å². The highest BCUT2D eigenvalue weighted by Crippen LogP contribution is 2.31. The molecule has 0 saturated heterocycles. The molecule has 11 heteroatoms. The van der Waals surface area contributed by atoms with E-state index in [2.05, 4.69) is 10.3 Å². The molecule has 3 rings (SSSR count). The van der Waals surface area contributed by atoms with Gasteiger partial charge in [-0.1, -0.05) is 12.1 Å². The lowest BCUT2D eigenvalue weighted by Gasteiger charge is -2.06. The van der Waals surface area contributed by atoms with E-state index in [1.165, 1.54) is 12.1 Å². The number of benzene rings is 1. The van der Waals surface area contributed by atoms with Crippen LogP contribution in [-0.4, -0.2) is 11.0 Å². The molecule has 1 N–H and O–H groups in total. The molecule has 0 fully saturated rings. The van der Waals surface area contributed by atoms with E-state index in [1.807, 2.05) is 0 Å². The summed E-state index contributed by atoms with van der Waals surface area (Å²) in [6, 6.07) is 4.63. The van der Waals surface area contributed by atoms with Crippen molar-refractivity contribution in [2.24, 2.45) is 0 Å². The Labute approximate surface area is 153 Å². The Morgan fingerprint density at radius 2 is 1.61 bits per heavy atom. The Kier molecular flexibility index (Phi) is 4.84. The summed E-state index contributed by atoms with van der Waals surface area (Å²) in [6.07, 6.45) is -6.32. The summed E-state index contributed by atoms with van der Waals surface area (Å²) in [5, 5.41) is 2.16. The number of hydrogen-bond acceptors (Lipinski definition) is 3. The predicted molar refractivity (Wildman–Crippen MR) is 83.0 cm³/mol. The van der Waals surface area contributed by atoms with Gasteiger partial charge < -0.3 is 4.42 Å². The zero-order valence-corrected chi connectivity index (χ0v) is 13.7. The number of nitrogens with zero attached hydrogens (tertiary/aromatic N) is 2. The van der Waals surface area contributed by atoms with Gasteiger partial charge in [0.05, 0.1) is 17.3 Å². The fourth-order valence-electron chi connectivity index (χ4n) is 2.22. The van der Waals surface area contributed by atoms with Crippen LogP contribution in [0, 0.1) is 0 Å². The molecule has 0 atom stereocenters. The summed E-state index contributed by atoms with van der Waals surface area (Å²) < 4.78 is 81.5. The van der Waals surface area contributed by atoms with Gasteiger partial charge in [-0.25, -0.2) is 0 Å². The number of anilines is 1. The van der Waals surface area contributed by atoms with Crippen molar-refractivity contribution in [2.75, 3.05) is 5.32 Å². The third-order valence-electron chi connectivity index (χ3n) is 3.59. The molecule has 0 unspecified atom stereocenters. The van der Waals surface area contributed by atoms with Gasteiger partial charge in [0.1, 0.15) is 18.2 Å². The molecule has 2 heterocycles. The Morgan fingerprint density at radius 3 is 2.21 bits per heavy atom. The van der Waals surface area contributed by atoms with E-state index in [9.17, 15) is 31.1 Å². The van der Waals surface area contributed by atoms with Crippen LogP contribution in [0.5, 0.6) is 0 Å². The van der Waals surface area contributed by atoms with Gasteiger partial charge in [0.2, 0.25) is 0 Å². The van der Waals surface area contributed by atoms with Gasteiger partial charge >= 0.3 is 24.4 Å². The van der Waals surface area contributed by atoms with Crippen molar-refractivity contribution in [2.45, 2.75) is 12.4 Å². The van der Waals surface area contributed by atoms with Gasteiger partial charge in [-0.3, -0.25) is 0 Å². The number of halogens is 6. The maximum Gasteiger partial charge on any atom is 0.504 e. The molecule has 1 aromatic carbocycles. The van der Waals surface area contributed by atoms with E-state index >= 15 is 0 Å². The maximum absolute atomic E-state index is 12.7. The lowest BCUT2D eigenvalue weighted by molar-refractivity contribution is -0.569. The van der Waals surface area contributed by atoms with Crippen LogP contribution >= 0.6 is 0 Å². The molecule has 5 nitrogen and oxygen atoms in total. The van der Waals surface area contributed by atoms with Crippen LogP contribution in [0.1, 0.15) is 11.1 Å². The topological polar surface area (TPSA) is 59.0 Å². The second kappa shape index (κ2) is 6.98. The molecule has 0 saturated carbocycles. The number of carbonyl (C=O) groups is 1. The first-order valence-corrected chi connectivity index (χ1v) is 7.57. The lowest BCUT2D eigenvalue weighted by Crippen LogP contribution is -2.46. The van der Waals surface area contributed by atoms with E-state index < -0.39 is 29.5 Å². The van der Waals surface area contributed by atoms with Gasteiger partial charge in [0.15, 0.2) is 0 Å². The number of oxazole rings is 1. The van der Waals surface area contributed by atoms with E-state index in [4.69, 9.17) is 4.42 Å². The molecular weight excluding hydrogens is 392 g/mol. The van der Waals surface area contributed by atoms with Gasteiger partial charge in [-0.05, 0) is 24.3 Å². The van der Waals surface area contributed by atoms with Crippen LogP contribution in [0.4, 0.5) is 37.2 Å². The van der Waals surface area contributed by atoms with Crippen molar-refractivity contribution in [1.29, 1.82) is 0 Å². The first-order valence-electron chi connectivity index (χ1n) is 7.57. The molecule has 0 radical (unpaired) electrons. The number of pyridine rings is 1. The number of hydrogen-bond donors (Lipinski definition) is 1. The smallest absolute Gasteiger partial charge is 0.414 e. The third-order valence-corrected chi connectivity index (χ3v) is 3.59. The maximum atomic E-state index is 12.7. The molecule has 146 valence electrons. The molecule has 3 aromatic rings. The zero-order valence-electron chi connectivity index (χ0n) is 13.7. The van der Waals surface area contributed by atoms with E-state index in [-0.39, 0.29) is 11.7 Å². The fraction of sp³-hybridized carbons (Fsp3) is 0.118. The zero-order chi connectivity index (χ0) is 20.5. The summed E-state index contributed by atoms with van der Waals surface area (Å²) in [5.74, 6) is 0. The highest BCUT2D eigenvalue weighted by atomic mass is 19.4. The highest BCUT2D eigenvalue weighted by molar-refractivity contribution is 5.79. The molecule has 0 aliphatic carbocycles. The minimum absolute atomic E-state index is 0.137. The first kappa shape index (κ1) is 19.4. The molecule has 2 aromatic heterocycles. The van der Waals surface area contributed by atoms with Crippen molar-refractivity contribution in [3.05, 3.63) is 66.2 Å².